The van der Waals surface area contributed by atoms with Gasteiger partial charge in [-0.15, -0.1) is 0 Å². The molecule has 29 heavy (non-hydrogen) atoms. The SMILES string of the molecule is CCCCCCC1C=CC(CCCCCCCC(=O)OC)n2c(=O)n(C)c(=O)n21. The van der Waals surface area contributed by atoms with Gasteiger partial charge < -0.3 is 4.74 Å². The molecule has 164 valence electrons. The van der Waals surface area contributed by atoms with Crippen molar-refractivity contribution in [3.8, 4) is 0 Å². The van der Waals surface area contributed by atoms with Crippen molar-refractivity contribution in [1.29, 1.82) is 0 Å². The number of carbonyl (C=O) groups excluding carboxylic acids is 1. The van der Waals surface area contributed by atoms with E-state index in [0.29, 0.717) is 6.42 Å². The summed E-state index contributed by atoms with van der Waals surface area (Å²) in [5.74, 6) is -0.150. The third-order valence-electron chi connectivity index (χ3n) is 5.84. The molecule has 0 aliphatic carbocycles. The topological polar surface area (TPSA) is 75.2 Å². The molecule has 0 fully saturated rings. The lowest BCUT2D eigenvalue weighted by Gasteiger charge is -2.27. The Kier molecular flexibility index (Phi) is 9.48. The van der Waals surface area contributed by atoms with Crippen molar-refractivity contribution in [2.75, 3.05) is 7.11 Å². The highest BCUT2D eigenvalue weighted by Gasteiger charge is 2.27. The minimum atomic E-state index is -0.221. The van der Waals surface area contributed by atoms with Crippen LogP contribution in [0.1, 0.15) is 96.1 Å². The van der Waals surface area contributed by atoms with Crippen molar-refractivity contribution in [2.45, 2.75) is 96.1 Å². The fourth-order valence-corrected chi connectivity index (χ4v) is 4.07. The van der Waals surface area contributed by atoms with E-state index in [4.69, 9.17) is 0 Å². The van der Waals surface area contributed by atoms with E-state index in [0.717, 1.165) is 57.8 Å². The predicted octanol–water partition coefficient (Wildman–Crippen LogP) is 3.87. The molecule has 0 saturated carbocycles. The van der Waals surface area contributed by atoms with Gasteiger partial charge in [-0.1, -0.05) is 70.4 Å². The fourth-order valence-electron chi connectivity index (χ4n) is 4.07. The van der Waals surface area contributed by atoms with Crippen LogP contribution in [0, 0.1) is 0 Å². The lowest BCUT2D eigenvalue weighted by molar-refractivity contribution is -0.140. The standard InChI is InChI=1S/C22H37N3O4/c1-4-5-6-10-13-18-16-17-19(25-22(28)23(2)21(27)24(18)25)14-11-8-7-9-12-15-20(26)29-3/h16-19H,4-15H2,1-3H3. The molecule has 0 saturated heterocycles. The molecule has 1 aromatic heterocycles. The van der Waals surface area contributed by atoms with E-state index in [9.17, 15) is 14.4 Å². The summed E-state index contributed by atoms with van der Waals surface area (Å²) in [4.78, 5) is 36.4. The van der Waals surface area contributed by atoms with Crippen molar-refractivity contribution in [3.05, 3.63) is 33.1 Å². The molecule has 0 bridgehead atoms. The predicted molar refractivity (Wildman–Crippen MR) is 114 cm³/mol. The van der Waals surface area contributed by atoms with Crippen LogP contribution in [0.2, 0.25) is 0 Å². The summed E-state index contributed by atoms with van der Waals surface area (Å²) in [6.45, 7) is 2.18. The molecule has 1 aromatic rings. The second-order valence-electron chi connectivity index (χ2n) is 8.06. The number of carbonyl (C=O) groups is 1. The Balaban J connectivity index is 1.91. The highest BCUT2D eigenvalue weighted by atomic mass is 16.5. The van der Waals surface area contributed by atoms with Gasteiger partial charge in [0.25, 0.3) is 0 Å². The lowest BCUT2D eigenvalue weighted by atomic mass is 10.0. The molecule has 2 rings (SSSR count). The van der Waals surface area contributed by atoms with E-state index in [-0.39, 0.29) is 29.4 Å². The van der Waals surface area contributed by atoms with E-state index in [2.05, 4.69) is 23.8 Å². The summed E-state index contributed by atoms with van der Waals surface area (Å²) >= 11 is 0. The van der Waals surface area contributed by atoms with Crippen molar-refractivity contribution in [2.24, 2.45) is 7.05 Å². The molecule has 7 nitrogen and oxygen atoms in total. The van der Waals surface area contributed by atoms with Gasteiger partial charge in [-0.2, -0.15) is 0 Å². The number of unbranched alkanes of at least 4 members (excludes halogenated alkanes) is 7. The first-order valence-corrected chi connectivity index (χ1v) is 11.2. The van der Waals surface area contributed by atoms with Gasteiger partial charge in [0.2, 0.25) is 0 Å². The lowest BCUT2D eigenvalue weighted by Crippen LogP contribution is -2.35. The summed E-state index contributed by atoms with van der Waals surface area (Å²) < 4.78 is 9.22. The van der Waals surface area contributed by atoms with Crippen LogP contribution in [0.5, 0.6) is 0 Å². The van der Waals surface area contributed by atoms with Crippen LogP contribution in [0.25, 0.3) is 0 Å². The van der Waals surface area contributed by atoms with Crippen LogP contribution in [-0.4, -0.2) is 27.0 Å². The van der Waals surface area contributed by atoms with E-state index in [1.54, 1.807) is 16.4 Å². The first-order chi connectivity index (χ1) is 14.0. The van der Waals surface area contributed by atoms with Gasteiger partial charge in [0, 0.05) is 13.5 Å². The van der Waals surface area contributed by atoms with Crippen LogP contribution in [-0.2, 0) is 16.6 Å². The Morgan fingerprint density at radius 2 is 1.34 bits per heavy atom. The maximum absolute atomic E-state index is 12.7. The van der Waals surface area contributed by atoms with Gasteiger partial charge in [0.05, 0.1) is 19.2 Å². The first kappa shape index (κ1) is 23.2. The number of hydrogen-bond acceptors (Lipinski definition) is 4. The second-order valence-corrected chi connectivity index (χ2v) is 8.06. The smallest absolute Gasteiger partial charge is 0.347 e. The van der Waals surface area contributed by atoms with Crippen LogP contribution < -0.4 is 11.4 Å². The molecule has 2 unspecified atom stereocenters. The van der Waals surface area contributed by atoms with E-state index in [1.165, 1.54) is 24.5 Å². The number of aromatic nitrogens is 3. The maximum atomic E-state index is 12.7. The van der Waals surface area contributed by atoms with Gasteiger partial charge in [0.15, 0.2) is 0 Å². The number of methoxy groups -OCH3 is 1. The van der Waals surface area contributed by atoms with Crippen molar-refractivity contribution in [1.82, 2.24) is 13.9 Å². The number of rotatable bonds is 13. The zero-order valence-electron chi connectivity index (χ0n) is 18.3. The minimum Gasteiger partial charge on any atom is -0.469 e. The van der Waals surface area contributed by atoms with Crippen LogP contribution >= 0.6 is 0 Å². The Morgan fingerprint density at radius 3 is 1.86 bits per heavy atom. The Morgan fingerprint density at radius 1 is 0.862 bits per heavy atom. The Bertz CT molecular complexity index is 787. The number of allylic oxidation sites excluding steroid dienone is 2. The van der Waals surface area contributed by atoms with Gasteiger partial charge in [0.1, 0.15) is 0 Å². The van der Waals surface area contributed by atoms with Gasteiger partial charge >= 0.3 is 17.3 Å². The summed E-state index contributed by atoms with van der Waals surface area (Å²) in [6, 6.07) is -0.0822. The van der Waals surface area contributed by atoms with Gasteiger partial charge in [-0.25, -0.2) is 23.5 Å². The summed E-state index contributed by atoms with van der Waals surface area (Å²) in [7, 11) is 2.98. The van der Waals surface area contributed by atoms with Crippen LogP contribution in [0.4, 0.5) is 0 Å². The summed E-state index contributed by atoms with van der Waals surface area (Å²) in [6.07, 6.45) is 16.0. The molecular weight excluding hydrogens is 370 g/mol. The molecule has 0 amide bonds. The normalized spacial score (nSPS) is 18.0. The van der Waals surface area contributed by atoms with E-state index < -0.39 is 0 Å². The van der Waals surface area contributed by atoms with Crippen molar-refractivity contribution in [3.63, 3.8) is 0 Å². The average molecular weight is 408 g/mol. The van der Waals surface area contributed by atoms with Gasteiger partial charge in [-0.05, 0) is 19.3 Å². The maximum Gasteiger partial charge on any atom is 0.347 e. The number of ether oxygens (including phenoxy) is 1. The Hall–Kier alpha value is -2.05. The summed E-state index contributed by atoms with van der Waals surface area (Å²) in [5, 5.41) is 0. The third-order valence-corrected chi connectivity index (χ3v) is 5.84. The minimum absolute atomic E-state index is 0.0252. The highest BCUT2D eigenvalue weighted by Crippen LogP contribution is 2.26. The van der Waals surface area contributed by atoms with Crippen LogP contribution in [0.3, 0.4) is 0 Å². The number of esters is 1. The van der Waals surface area contributed by atoms with Crippen molar-refractivity contribution < 1.29 is 9.53 Å². The Labute approximate surface area is 173 Å². The van der Waals surface area contributed by atoms with E-state index >= 15 is 0 Å². The molecule has 0 spiro atoms. The number of nitrogens with zero attached hydrogens (tertiary/aromatic N) is 3. The van der Waals surface area contributed by atoms with E-state index in [1.807, 2.05) is 0 Å². The van der Waals surface area contributed by atoms with Crippen molar-refractivity contribution >= 4 is 5.97 Å². The summed E-state index contributed by atoms with van der Waals surface area (Å²) in [5.41, 5.74) is -0.436. The third kappa shape index (κ3) is 6.21. The molecule has 1 aliphatic rings. The molecule has 2 atom stereocenters. The molecule has 2 heterocycles. The molecule has 0 radical (unpaired) electrons. The van der Waals surface area contributed by atoms with Crippen LogP contribution in [0.15, 0.2) is 21.7 Å². The fraction of sp³-hybridized carbons (Fsp3) is 0.773. The molecule has 7 heteroatoms. The van der Waals surface area contributed by atoms with Gasteiger partial charge in [-0.3, -0.25) is 4.79 Å². The zero-order valence-corrected chi connectivity index (χ0v) is 18.3. The molecule has 1 aliphatic heterocycles. The number of fused-ring (bicyclic) bond motifs is 1. The average Bonchev–Trinajstić information content (AvgIpc) is 2.96. The number of hydrogen-bond donors (Lipinski definition) is 0. The molecular formula is C22H37N3O4. The monoisotopic (exact) mass is 407 g/mol. The first-order valence-electron chi connectivity index (χ1n) is 11.2. The molecule has 0 aromatic carbocycles. The highest BCUT2D eigenvalue weighted by molar-refractivity contribution is 5.68. The largest absolute Gasteiger partial charge is 0.469 e. The quantitative estimate of drug-likeness (QED) is 0.283. The molecule has 0 N–H and O–H groups in total. The second kappa shape index (κ2) is 11.8. The zero-order chi connectivity index (χ0) is 21.2.